The maximum absolute atomic E-state index is 12.9. The Kier molecular flexibility index (Phi) is 6.24. The van der Waals surface area contributed by atoms with Crippen molar-refractivity contribution in [3.05, 3.63) is 65.2 Å². The van der Waals surface area contributed by atoms with Crippen molar-refractivity contribution in [1.29, 1.82) is 0 Å². The summed E-state index contributed by atoms with van der Waals surface area (Å²) in [5, 5.41) is 2.63. The van der Waals surface area contributed by atoms with E-state index in [0.717, 1.165) is 4.90 Å². The van der Waals surface area contributed by atoms with Crippen molar-refractivity contribution in [1.82, 2.24) is 10.2 Å². The number of methoxy groups -OCH3 is 2. The first-order valence-corrected chi connectivity index (χ1v) is 9.40. The molecule has 9 nitrogen and oxygen atoms in total. The summed E-state index contributed by atoms with van der Waals surface area (Å²) in [6, 6.07) is 12.4. The number of carbonyl (C=O) groups is 4. The van der Waals surface area contributed by atoms with E-state index in [1.54, 1.807) is 49.4 Å². The molecule has 1 atom stereocenters. The van der Waals surface area contributed by atoms with E-state index in [4.69, 9.17) is 9.47 Å². The molecule has 1 N–H and O–H groups in total. The van der Waals surface area contributed by atoms with E-state index in [1.165, 1.54) is 20.3 Å². The van der Waals surface area contributed by atoms with Crippen molar-refractivity contribution < 1.29 is 33.4 Å². The molecule has 0 aromatic heterocycles. The standard InChI is InChI=1S/C22H22N2O7/c1-22(16-7-9-17(29-2)10-8-16)20(27)24(21(28)23-22)12-18(25)31-13-14-5-4-6-15(11-14)19(26)30-3/h4-11H,12-13H2,1-3H3,(H,23,28)/t22-/m0/s1. The number of hydrogen-bond donors (Lipinski definition) is 1. The Hall–Kier alpha value is -3.88. The van der Waals surface area contributed by atoms with Gasteiger partial charge in [0, 0.05) is 0 Å². The number of ether oxygens (including phenoxy) is 3. The Morgan fingerprint density at radius 1 is 1.06 bits per heavy atom. The Balaban J connectivity index is 1.64. The minimum absolute atomic E-state index is 0.122. The van der Waals surface area contributed by atoms with Gasteiger partial charge in [-0.15, -0.1) is 0 Å². The van der Waals surface area contributed by atoms with Gasteiger partial charge in [0.1, 0.15) is 24.4 Å². The van der Waals surface area contributed by atoms with E-state index < -0.39 is 36.0 Å². The normalized spacial score (nSPS) is 17.8. The number of urea groups is 1. The lowest BCUT2D eigenvalue weighted by molar-refractivity contribution is -0.148. The Morgan fingerprint density at radius 3 is 2.42 bits per heavy atom. The summed E-state index contributed by atoms with van der Waals surface area (Å²) in [5.41, 5.74) is 0.137. The molecule has 162 valence electrons. The first-order valence-electron chi connectivity index (χ1n) is 9.40. The maximum Gasteiger partial charge on any atom is 0.337 e. The fourth-order valence-corrected chi connectivity index (χ4v) is 3.21. The van der Waals surface area contributed by atoms with Gasteiger partial charge in [-0.2, -0.15) is 0 Å². The first-order chi connectivity index (χ1) is 14.8. The quantitative estimate of drug-likeness (QED) is 0.532. The van der Waals surface area contributed by atoms with E-state index in [2.05, 4.69) is 10.1 Å². The number of esters is 2. The highest BCUT2D eigenvalue weighted by atomic mass is 16.5. The van der Waals surface area contributed by atoms with E-state index in [1.807, 2.05) is 0 Å². The minimum Gasteiger partial charge on any atom is -0.497 e. The predicted octanol–water partition coefficient (Wildman–Crippen LogP) is 1.99. The van der Waals surface area contributed by atoms with Crippen molar-refractivity contribution in [3.63, 3.8) is 0 Å². The SMILES string of the molecule is COC(=O)c1cccc(COC(=O)CN2C(=O)N[C@@](C)(c3ccc(OC)cc3)C2=O)c1. The smallest absolute Gasteiger partial charge is 0.337 e. The molecule has 0 unspecified atom stereocenters. The predicted molar refractivity (Wildman–Crippen MR) is 108 cm³/mol. The van der Waals surface area contributed by atoms with Crippen molar-refractivity contribution in [2.75, 3.05) is 20.8 Å². The number of rotatable bonds is 7. The summed E-state index contributed by atoms with van der Waals surface area (Å²) in [5.74, 6) is -1.22. The number of hydrogen-bond acceptors (Lipinski definition) is 7. The summed E-state index contributed by atoms with van der Waals surface area (Å²) in [7, 11) is 2.80. The van der Waals surface area contributed by atoms with Gasteiger partial charge in [-0.25, -0.2) is 9.59 Å². The van der Waals surface area contributed by atoms with Crippen molar-refractivity contribution in [2.45, 2.75) is 19.1 Å². The molecular formula is C22H22N2O7. The van der Waals surface area contributed by atoms with Gasteiger partial charge < -0.3 is 19.5 Å². The highest BCUT2D eigenvalue weighted by molar-refractivity contribution is 6.08. The van der Waals surface area contributed by atoms with Crippen molar-refractivity contribution in [3.8, 4) is 5.75 Å². The lowest BCUT2D eigenvalue weighted by Crippen LogP contribution is -2.41. The topological polar surface area (TPSA) is 111 Å². The van der Waals surface area contributed by atoms with Crippen LogP contribution < -0.4 is 10.1 Å². The zero-order valence-electron chi connectivity index (χ0n) is 17.3. The maximum atomic E-state index is 12.9. The highest BCUT2D eigenvalue weighted by Gasteiger charge is 2.49. The van der Waals surface area contributed by atoms with Crippen LogP contribution in [0.3, 0.4) is 0 Å². The van der Waals surface area contributed by atoms with Crippen LogP contribution in [-0.4, -0.2) is 49.5 Å². The number of amides is 3. The van der Waals surface area contributed by atoms with E-state index in [0.29, 0.717) is 22.4 Å². The molecule has 1 aliphatic heterocycles. The van der Waals surface area contributed by atoms with Crippen LogP contribution in [0.25, 0.3) is 0 Å². The summed E-state index contributed by atoms with van der Waals surface area (Å²) >= 11 is 0. The van der Waals surface area contributed by atoms with Gasteiger partial charge in [-0.3, -0.25) is 14.5 Å². The molecule has 1 saturated heterocycles. The third-order valence-electron chi connectivity index (χ3n) is 4.98. The van der Waals surface area contributed by atoms with Crippen LogP contribution in [0, 0.1) is 0 Å². The van der Waals surface area contributed by atoms with Crippen LogP contribution in [0.15, 0.2) is 48.5 Å². The van der Waals surface area contributed by atoms with Crippen LogP contribution in [-0.2, 0) is 31.2 Å². The molecule has 2 aromatic rings. The summed E-state index contributed by atoms with van der Waals surface area (Å²) in [6.07, 6.45) is 0. The lowest BCUT2D eigenvalue weighted by atomic mass is 9.92. The second-order valence-electron chi connectivity index (χ2n) is 7.03. The van der Waals surface area contributed by atoms with Gasteiger partial charge in [0.2, 0.25) is 0 Å². The van der Waals surface area contributed by atoms with Crippen molar-refractivity contribution >= 4 is 23.9 Å². The number of benzene rings is 2. The zero-order valence-corrected chi connectivity index (χ0v) is 17.3. The first kappa shape index (κ1) is 21.8. The Bertz CT molecular complexity index is 1020. The van der Waals surface area contributed by atoms with Crippen LogP contribution >= 0.6 is 0 Å². The molecule has 1 fully saturated rings. The van der Waals surface area contributed by atoms with Gasteiger partial charge in [-0.05, 0) is 42.3 Å². The largest absolute Gasteiger partial charge is 0.497 e. The average Bonchev–Trinajstić information content (AvgIpc) is 3.01. The van der Waals surface area contributed by atoms with Gasteiger partial charge in [0.15, 0.2) is 0 Å². The third-order valence-corrected chi connectivity index (χ3v) is 4.98. The fourth-order valence-electron chi connectivity index (χ4n) is 3.21. The molecule has 31 heavy (non-hydrogen) atoms. The second kappa shape index (κ2) is 8.86. The fraction of sp³-hybridized carbons (Fsp3) is 0.273. The number of carbonyl (C=O) groups excluding carboxylic acids is 4. The molecular weight excluding hydrogens is 404 g/mol. The van der Waals surface area contributed by atoms with E-state index in [-0.39, 0.29) is 6.61 Å². The Morgan fingerprint density at radius 2 is 1.77 bits per heavy atom. The monoisotopic (exact) mass is 426 g/mol. The Labute approximate surface area is 178 Å². The van der Waals surface area contributed by atoms with E-state index in [9.17, 15) is 19.2 Å². The van der Waals surface area contributed by atoms with Crippen LogP contribution in [0.5, 0.6) is 5.75 Å². The molecule has 3 rings (SSSR count). The zero-order chi connectivity index (χ0) is 22.6. The molecule has 0 spiro atoms. The molecule has 9 heteroatoms. The number of imide groups is 1. The summed E-state index contributed by atoms with van der Waals surface area (Å²) in [4.78, 5) is 50.0. The van der Waals surface area contributed by atoms with Crippen molar-refractivity contribution in [2.24, 2.45) is 0 Å². The third kappa shape index (κ3) is 4.50. The molecule has 0 aliphatic carbocycles. The van der Waals surface area contributed by atoms with Crippen LogP contribution in [0.2, 0.25) is 0 Å². The van der Waals surface area contributed by atoms with Gasteiger partial charge in [-0.1, -0.05) is 24.3 Å². The molecule has 0 saturated carbocycles. The molecule has 0 bridgehead atoms. The molecule has 2 aromatic carbocycles. The van der Waals surface area contributed by atoms with Gasteiger partial charge in [0.25, 0.3) is 5.91 Å². The number of nitrogens with one attached hydrogen (secondary N) is 1. The average molecular weight is 426 g/mol. The number of nitrogens with zero attached hydrogens (tertiary/aromatic N) is 1. The van der Waals surface area contributed by atoms with Gasteiger partial charge in [0.05, 0.1) is 19.8 Å². The second-order valence-corrected chi connectivity index (χ2v) is 7.03. The van der Waals surface area contributed by atoms with E-state index >= 15 is 0 Å². The van der Waals surface area contributed by atoms with Crippen LogP contribution in [0.4, 0.5) is 4.79 Å². The molecule has 1 heterocycles. The molecule has 3 amide bonds. The van der Waals surface area contributed by atoms with Gasteiger partial charge >= 0.3 is 18.0 Å². The highest BCUT2D eigenvalue weighted by Crippen LogP contribution is 2.30. The summed E-state index contributed by atoms with van der Waals surface area (Å²) < 4.78 is 14.9. The summed E-state index contributed by atoms with van der Waals surface area (Å²) in [6.45, 7) is 0.912. The lowest BCUT2D eigenvalue weighted by Gasteiger charge is -2.22. The molecule has 0 radical (unpaired) electrons. The minimum atomic E-state index is -1.31. The van der Waals surface area contributed by atoms with Crippen LogP contribution in [0.1, 0.15) is 28.4 Å². The molecule has 1 aliphatic rings.